The normalized spacial score (nSPS) is 17.7. The van der Waals surface area contributed by atoms with Crippen LogP contribution in [0.3, 0.4) is 0 Å². The highest BCUT2D eigenvalue weighted by molar-refractivity contribution is 7.89. The highest BCUT2D eigenvalue weighted by Gasteiger charge is 2.35. The first-order valence-electron chi connectivity index (χ1n) is 8.39. The Bertz CT molecular complexity index is 937. The molecule has 0 bridgehead atoms. The maximum absolute atomic E-state index is 12.9. The van der Waals surface area contributed by atoms with Gasteiger partial charge in [-0.05, 0) is 30.7 Å². The number of aromatic nitrogens is 1. The molecule has 0 aliphatic carbocycles. The van der Waals surface area contributed by atoms with Crippen molar-refractivity contribution < 1.29 is 27.4 Å². The highest BCUT2D eigenvalue weighted by Crippen LogP contribution is 2.37. The van der Waals surface area contributed by atoms with Crippen molar-refractivity contribution in [3.05, 3.63) is 41.7 Å². The summed E-state index contributed by atoms with van der Waals surface area (Å²) in [5.74, 6) is 0.774. The molecule has 3 rings (SSSR count). The van der Waals surface area contributed by atoms with Crippen molar-refractivity contribution in [1.29, 1.82) is 0 Å². The number of nitrogens with one attached hydrogen (secondary N) is 1. The van der Waals surface area contributed by atoms with E-state index in [4.69, 9.17) is 9.47 Å². The van der Waals surface area contributed by atoms with Crippen LogP contribution in [0.4, 0.5) is 0 Å². The van der Waals surface area contributed by atoms with E-state index in [-0.39, 0.29) is 16.5 Å². The number of sulfonamides is 1. The lowest BCUT2D eigenvalue weighted by Gasteiger charge is -2.18. The van der Waals surface area contributed by atoms with Gasteiger partial charge in [0.25, 0.3) is 0 Å². The monoisotopic (exact) mass is 394 g/mol. The number of aromatic amines is 1. The van der Waals surface area contributed by atoms with E-state index in [9.17, 15) is 13.2 Å². The van der Waals surface area contributed by atoms with Gasteiger partial charge in [-0.15, -0.1) is 0 Å². The molecule has 1 aliphatic rings. The molecule has 1 aliphatic heterocycles. The molecule has 1 aromatic heterocycles. The fourth-order valence-corrected chi connectivity index (χ4v) is 4.75. The largest absolute Gasteiger partial charge is 0.497 e. The van der Waals surface area contributed by atoms with E-state index < -0.39 is 16.0 Å². The molecule has 1 saturated heterocycles. The van der Waals surface area contributed by atoms with Crippen molar-refractivity contribution in [3.8, 4) is 11.5 Å². The average molecular weight is 394 g/mol. The summed E-state index contributed by atoms with van der Waals surface area (Å²) < 4.78 is 42.5. The van der Waals surface area contributed by atoms with E-state index in [1.165, 1.54) is 23.7 Å². The molecule has 1 atom stereocenters. The maximum atomic E-state index is 12.9. The fraction of sp³-hybridized carbons (Fsp3) is 0.389. The van der Waals surface area contributed by atoms with Crippen LogP contribution in [0.1, 0.15) is 28.4 Å². The quantitative estimate of drug-likeness (QED) is 0.753. The topological polar surface area (TPSA) is 97.9 Å². The predicted octanol–water partition coefficient (Wildman–Crippen LogP) is 2.00. The van der Waals surface area contributed by atoms with Gasteiger partial charge in [-0.2, -0.15) is 4.31 Å². The van der Waals surface area contributed by atoms with Crippen LogP contribution in [-0.2, 0) is 14.8 Å². The number of benzene rings is 1. The van der Waals surface area contributed by atoms with E-state index in [0.717, 1.165) is 5.56 Å². The van der Waals surface area contributed by atoms with Gasteiger partial charge in [-0.25, -0.2) is 13.2 Å². The molecule has 0 amide bonds. The number of methoxy groups -OCH3 is 3. The molecule has 1 N–H and O–H groups in total. The summed E-state index contributed by atoms with van der Waals surface area (Å²) in [4.78, 5) is 14.2. The molecule has 1 aromatic carbocycles. The van der Waals surface area contributed by atoms with E-state index in [1.54, 1.807) is 20.3 Å². The van der Waals surface area contributed by atoms with Crippen molar-refractivity contribution in [1.82, 2.24) is 9.29 Å². The van der Waals surface area contributed by atoms with E-state index in [0.29, 0.717) is 31.0 Å². The Labute approximate surface area is 158 Å². The second-order valence-corrected chi connectivity index (χ2v) is 8.14. The standard InChI is InChI=1S/C18H22N2O6S/c1-24-13-4-5-17(25-2)15(8-13)12-6-7-20(11-12)27(22,23)14-9-16(19-10-14)18(21)26-3/h4-5,8-10,12,19H,6-7,11H2,1-3H3/t12-/m1/s1. The summed E-state index contributed by atoms with van der Waals surface area (Å²) in [6, 6.07) is 6.80. The molecule has 8 nitrogen and oxygen atoms in total. The molecule has 27 heavy (non-hydrogen) atoms. The number of esters is 1. The van der Waals surface area contributed by atoms with E-state index in [1.807, 2.05) is 12.1 Å². The lowest BCUT2D eigenvalue weighted by molar-refractivity contribution is 0.0594. The van der Waals surface area contributed by atoms with Crippen LogP contribution < -0.4 is 9.47 Å². The summed E-state index contributed by atoms with van der Waals surface area (Å²) >= 11 is 0. The van der Waals surface area contributed by atoms with E-state index in [2.05, 4.69) is 9.72 Å². The third-order valence-corrected chi connectivity index (χ3v) is 6.57. The van der Waals surface area contributed by atoms with Gasteiger partial charge in [0.2, 0.25) is 10.0 Å². The summed E-state index contributed by atoms with van der Waals surface area (Å²) in [5.41, 5.74) is 1.01. The molecule has 1 fully saturated rings. The minimum Gasteiger partial charge on any atom is -0.497 e. The Balaban J connectivity index is 1.83. The van der Waals surface area contributed by atoms with Crippen molar-refractivity contribution in [2.45, 2.75) is 17.2 Å². The van der Waals surface area contributed by atoms with Crippen molar-refractivity contribution in [2.24, 2.45) is 0 Å². The van der Waals surface area contributed by atoms with Crippen LogP contribution in [0.15, 0.2) is 35.4 Å². The lowest BCUT2D eigenvalue weighted by atomic mass is 9.97. The van der Waals surface area contributed by atoms with Gasteiger partial charge in [0.05, 0.1) is 21.3 Å². The zero-order chi connectivity index (χ0) is 19.6. The second kappa shape index (κ2) is 7.61. The molecular formula is C18H22N2O6S. The average Bonchev–Trinajstić information content (AvgIpc) is 3.37. The summed E-state index contributed by atoms with van der Waals surface area (Å²) in [6.45, 7) is 0.705. The zero-order valence-corrected chi connectivity index (χ0v) is 16.2. The smallest absolute Gasteiger partial charge is 0.354 e. The van der Waals surface area contributed by atoms with Gasteiger partial charge >= 0.3 is 5.97 Å². The first-order chi connectivity index (χ1) is 12.9. The summed E-state index contributed by atoms with van der Waals surface area (Å²) in [6.07, 6.45) is 1.97. The number of carbonyl (C=O) groups excluding carboxylic acids is 1. The van der Waals surface area contributed by atoms with Gasteiger partial charge < -0.3 is 19.2 Å². The third-order valence-electron chi connectivity index (χ3n) is 4.73. The van der Waals surface area contributed by atoms with E-state index >= 15 is 0 Å². The van der Waals surface area contributed by atoms with Crippen LogP contribution in [-0.4, -0.2) is 58.1 Å². The van der Waals surface area contributed by atoms with Gasteiger partial charge in [-0.3, -0.25) is 0 Å². The molecule has 0 saturated carbocycles. The number of H-pyrrole nitrogens is 1. The maximum Gasteiger partial charge on any atom is 0.354 e. The Hall–Kier alpha value is -2.52. The molecule has 0 spiro atoms. The Morgan fingerprint density at radius 2 is 1.96 bits per heavy atom. The number of nitrogens with zero attached hydrogens (tertiary/aromatic N) is 1. The number of hydrogen-bond donors (Lipinski definition) is 1. The molecule has 9 heteroatoms. The number of hydrogen-bond acceptors (Lipinski definition) is 6. The molecular weight excluding hydrogens is 372 g/mol. The number of ether oxygens (including phenoxy) is 3. The van der Waals surface area contributed by atoms with Gasteiger partial charge in [0.1, 0.15) is 22.1 Å². The Morgan fingerprint density at radius 3 is 2.63 bits per heavy atom. The Morgan fingerprint density at radius 1 is 1.19 bits per heavy atom. The first kappa shape index (κ1) is 19.2. The van der Waals surface area contributed by atoms with Crippen LogP contribution >= 0.6 is 0 Å². The van der Waals surface area contributed by atoms with Gasteiger partial charge in [0, 0.05) is 30.8 Å². The Kier molecular flexibility index (Phi) is 5.43. The molecule has 146 valence electrons. The minimum atomic E-state index is -3.71. The summed E-state index contributed by atoms with van der Waals surface area (Å²) in [5, 5.41) is 0. The van der Waals surface area contributed by atoms with Crippen molar-refractivity contribution >= 4 is 16.0 Å². The predicted molar refractivity (Wildman–Crippen MR) is 97.8 cm³/mol. The molecule has 2 heterocycles. The lowest BCUT2D eigenvalue weighted by Crippen LogP contribution is -2.28. The molecule has 0 radical (unpaired) electrons. The number of carbonyl (C=O) groups is 1. The first-order valence-corrected chi connectivity index (χ1v) is 9.83. The van der Waals surface area contributed by atoms with Gasteiger partial charge in [0.15, 0.2) is 0 Å². The third kappa shape index (κ3) is 3.65. The van der Waals surface area contributed by atoms with Crippen LogP contribution in [0.2, 0.25) is 0 Å². The van der Waals surface area contributed by atoms with Crippen molar-refractivity contribution in [2.75, 3.05) is 34.4 Å². The SMILES string of the molecule is COC(=O)c1cc(S(=O)(=O)N2CC[C@@H](c3cc(OC)ccc3OC)C2)c[nH]1. The highest BCUT2D eigenvalue weighted by atomic mass is 32.2. The zero-order valence-electron chi connectivity index (χ0n) is 15.4. The number of rotatable bonds is 6. The van der Waals surface area contributed by atoms with Crippen LogP contribution in [0, 0.1) is 0 Å². The second-order valence-electron chi connectivity index (χ2n) is 6.20. The van der Waals surface area contributed by atoms with Crippen LogP contribution in [0.5, 0.6) is 11.5 Å². The van der Waals surface area contributed by atoms with Gasteiger partial charge in [-0.1, -0.05) is 0 Å². The molecule has 0 unspecified atom stereocenters. The van der Waals surface area contributed by atoms with Crippen molar-refractivity contribution in [3.63, 3.8) is 0 Å². The summed E-state index contributed by atoms with van der Waals surface area (Å²) in [7, 11) is 0.698. The minimum absolute atomic E-state index is 0.0103. The van der Waals surface area contributed by atoms with Crippen LogP contribution in [0.25, 0.3) is 0 Å². The fourth-order valence-electron chi connectivity index (χ4n) is 3.26. The molecule has 2 aromatic rings.